The smallest absolute Gasteiger partial charge is 0.0725 e. The van der Waals surface area contributed by atoms with Gasteiger partial charge in [-0.1, -0.05) is 240 Å². The van der Waals surface area contributed by atoms with Crippen LogP contribution in [0.4, 0.5) is 17.1 Å². The molecule has 15 rings (SSSR count). The molecule has 0 atom stereocenters. The Balaban J connectivity index is 0.994. The molecule has 0 bridgehead atoms. The topological polar surface area (TPSA) is 3.24 Å². The van der Waals surface area contributed by atoms with Gasteiger partial charge in [0.05, 0.1) is 11.1 Å². The quantitative estimate of drug-likeness (QED) is 0.161. The van der Waals surface area contributed by atoms with E-state index in [1.54, 1.807) is 0 Å². The first-order valence-corrected chi connectivity index (χ1v) is 26.2. The third-order valence-corrected chi connectivity index (χ3v) is 17.5. The van der Waals surface area contributed by atoms with Crippen molar-refractivity contribution in [3.8, 4) is 77.9 Å². The van der Waals surface area contributed by atoms with Gasteiger partial charge in [0.25, 0.3) is 0 Å². The molecule has 0 aliphatic heterocycles. The molecule has 74 heavy (non-hydrogen) atoms. The average molecular weight is 944 g/mol. The van der Waals surface area contributed by atoms with Crippen molar-refractivity contribution >= 4 is 17.1 Å². The van der Waals surface area contributed by atoms with Crippen molar-refractivity contribution in [1.82, 2.24) is 0 Å². The zero-order valence-electron chi connectivity index (χ0n) is 42.1. The minimum Gasteiger partial charge on any atom is -0.310 e. The summed E-state index contributed by atoms with van der Waals surface area (Å²) in [5.41, 5.74) is 31.2. The standard InChI is InChI=1S/C73H53N/c1-71(2)62-28-14-12-25-59(62)70-53(26-18-32-67(70)71)49-35-40-52(48-36-42-66-60(43-48)57-24-11-17-31-65(57)73(66)63-29-15-9-22-55(63)56-23-10-16-30-64(56)73)69(44-49)74(50-37-33-47(34-38-50)46-19-6-5-7-20-46)51-39-41-58-54-21-8-13-27-61(54)72(3,4)68(58)45-51/h5-45H,1-4H3. The Morgan fingerprint density at radius 1 is 0.243 bits per heavy atom. The summed E-state index contributed by atoms with van der Waals surface area (Å²) in [6, 6.07) is 94.1. The molecule has 350 valence electrons. The fourth-order valence-corrected chi connectivity index (χ4v) is 14.1. The van der Waals surface area contributed by atoms with Crippen LogP contribution in [-0.2, 0) is 16.2 Å². The summed E-state index contributed by atoms with van der Waals surface area (Å²) in [6.45, 7) is 9.53. The lowest BCUT2D eigenvalue weighted by atomic mass is 9.70. The van der Waals surface area contributed by atoms with Gasteiger partial charge in [-0.05, 0) is 153 Å². The highest BCUT2D eigenvalue weighted by Crippen LogP contribution is 2.63. The summed E-state index contributed by atoms with van der Waals surface area (Å²) >= 11 is 0. The van der Waals surface area contributed by atoms with Crippen molar-refractivity contribution in [3.63, 3.8) is 0 Å². The summed E-state index contributed by atoms with van der Waals surface area (Å²) in [7, 11) is 0. The molecule has 0 saturated heterocycles. The first-order valence-electron chi connectivity index (χ1n) is 26.2. The Morgan fingerprint density at radius 3 is 1.32 bits per heavy atom. The third-order valence-electron chi connectivity index (χ3n) is 17.5. The van der Waals surface area contributed by atoms with Crippen LogP contribution in [0.3, 0.4) is 0 Å². The predicted octanol–water partition coefficient (Wildman–Crippen LogP) is 19.1. The highest BCUT2D eigenvalue weighted by atomic mass is 15.1. The van der Waals surface area contributed by atoms with E-state index in [-0.39, 0.29) is 10.8 Å². The second-order valence-electron chi connectivity index (χ2n) is 21.9. The van der Waals surface area contributed by atoms with Gasteiger partial charge < -0.3 is 4.90 Å². The van der Waals surface area contributed by atoms with Crippen LogP contribution >= 0.6 is 0 Å². The minimum absolute atomic E-state index is 0.121. The van der Waals surface area contributed by atoms with Crippen molar-refractivity contribution in [2.45, 2.75) is 43.9 Å². The number of fused-ring (bicyclic) bond motifs is 16. The monoisotopic (exact) mass is 943 g/mol. The highest BCUT2D eigenvalue weighted by molar-refractivity contribution is 6.00. The molecule has 0 heterocycles. The summed E-state index contributed by atoms with van der Waals surface area (Å²) in [4.78, 5) is 2.54. The second-order valence-corrected chi connectivity index (χ2v) is 21.9. The van der Waals surface area contributed by atoms with Gasteiger partial charge in [-0.15, -0.1) is 0 Å². The molecule has 11 aromatic carbocycles. The summed E-state index contributed by atoms with van der Waals surface area (Å²) < 4.78 is 0. The van der Waals surface area contributed by atoms with Crippen LogP contribution in [0.25, 0.3) is 77.9 Å². The first kappa shape index (κ1) is 42.9. The number of anilines is 3. The molecule has 0 radical (unpaired) electrons. The van der Waals surface area contributed by atoms with E-state index in [2.05, 4.69) is 281 Å². The van der Waals surface area contributed by atoms with Crippen molar-refractivity contribution in [3.05, 3.63) is 293 Å². The van der Waals surface area contributed by atoms with Gasteiger partial charge in [-0.2, -0.15) is 0 Å². The molecule has 4 aliphatic carbocycles. The Kier molecular flexibility index (Phi) is 9.04. The normalized spacial score (nSPS) is 14.8. The van der Waals surface area contributed by atoms with Gasteiger partial charge in [0, 0.05) is 27.8 Å². The van der Waals surface area contributed by atoms with Crippen LogP contribution < -0.4 is 4.90 Å². The molecule has 0 amide bonds. The molecular weight excluding hydrogens is 891 g/mol. The van der Waals surface area contributed by atoms with Gasteiger partial charge in [0.15, 0.2) is 0 Å². The summed E-state index contributed by atoms with van der Waals surface area (Å²) in [6.07, 6.45) is 0. The molecule has 0 aromatic heterocycles. The average Bonchev–Trinajstić information content (AvgIpc) is 4.09. The van der Waals surface area contributed by atoms with Crippen LogP contribution in [-0.4, -0.2) is 0 Å². The molecule has 1 nitrogen and oxygen atoms in total. The van der Waals surface area contributed by atoms with E-state index in [0.717, 1.165) is 17.1 Å². The number of nitrogens with zero attached hydrogens (tertiary/aromatic N) is 1. The molecule has 1 spiro atoms. The predicted molar refractivity (Wildman–Crippen MR) is 309 cm³/mol. The van der Waals surface area contributed by atoms with Crippen molar-refractivity contribution in [2.24, 2.45) is 0 Å². The van der Waals surface area contributed by atoms with Gasteiger partial charge in [0.1, 0.15) is 0 Å². The van der Waals surface area contributed by atoms with E-state index in [0.29, 0.717) is 0 Å². The zero-order valence-corrected chi connectivity index (χ0v) is 42.1. The van der Waals surface area contributed by atoms with Crippen LogP contribution in [0.2, 0.25) is 0 Å². The molecule has 0 N–H and O–H groups in total. The molecule has 4 aliphatic rings. The van der Waals surface area contributed by atoms with Crippen molar-refractivity contribution < 1.29 is 0 Å². The molecular formula is C73H53N. The fraction of sp³-hybridized carbons (Fsp3) is 0.0959. The van der Waals surface area contributed by atoms with E-state index in [9.17, 15) is 0 Å². The lowest BCUT2D eigenvalue weighted by Gasteiger charge is -2.31. The zero-order chi connectivity index (χ0) is 49.5. The fourth-order valence-electron chi connectivity index (χ4n) is 14.1. The summed E-state index contributed by atoms with van der Waals surface area (Å²) in [5, 5.41) is 0. The third kappa shape index (κ3) is 5.81. The lowest BCUT2D eigenvalue weighted by Crippen LogP contribution is -2.25. The van der Waals surface area contributed by atoms with E-state index >= 15 is 0 Å². The molecule has 0 fully saturated rings. The van der Waals surface area contributed by atoms with E-state index < -0.39 is 5.41 Å². The number of hydrogen-bond donors (Lipinski definition) is 0. The SMILES string of the molecule is CC1(C)c2ccccc2-c2ccc(N(c3ccc(-c4ccccc4)cc3)c3cc(-c4cccc5c4-c4ccccc4C5(C)C)ccc3-c3ccc4c(c3)-c3ccccc3C43c4ccccc4-c4ccccc43)cc21. The van der Waals surface area contributed by atoms with Crippen LogP contribution in [0.1, 0.15) is 72.2 Å². The molecule has 1 heteroatoms. The minimum atomic E-state index is -0.413. The van der Waals surface area contributed by atoms with Gasteiger partial charge in [-0.3, -0.25) is 0 Å². The Hall–Kier alpha value is -8.78. The first-order chi connectivity index (χ1) is 36.2. The molecule has 0 unspecified atom stereocenters. The maximum absolute atomic E-state index is 2.54. The van der Waals surface area contributed by atoms with E-state index in [4.69, 9.17) is 0 Å². The Labute approximate surface area is 434 Å². The molecule has 0 saturated carbocycles. The molecule has 11 aromatic rings. The number of benzene rings is 11. The maximum Gasteiger partial charge on any atom is 0.0725 e. The highest BCUT2D eigenvalue weighted by Gasteiger charge is 2.51. The lowest BCUT2D eigenvalue weighted by molar-refractivity contribution is 0.660. The summed E-state index contributed by atoms with van der Waals surface area (Å²) in [5.74, 6) is 0. The Bertz CT molecular complexity index is 4090. The van der Waals surface area contributed by atoms with E-state index in [1.165, 1.54) is 122 Å². The van der Waals surface area contributed by atoms with Crippen LogP contribution in [0.5, 0.6) is 0 Å². The van der Waals surface area contributed by atoms with Crippen LogP contribution in [0, 0.1) is 0 Å². The van der Waals surface area contributed by atoms with Crippen molar-refractivity contribution in [2.75, 3.05) is 4.90 Å². The second kappa shape index (κ2) is 15.6. The van der Waals surface area contributed by atoms with Gasteiger partial charge in [0.2, 0.25) is 0 Å². The number of hydrogen-bond acceptors (Lipinski definition) is 1. The largest absolute Gasteiger partial charge is 0.310 e. The van der Waals surface area contributed by atoms with Crippen molar-refractivity contribution in [1.29, 1.82) is 0 Å². The maximum atomic E-state index is 2.54. The Morgan fingerprint density at radius 2 is 0.662 bits per heavy atom. The van der Waals surface area contributed by atoms with Gasteiger partial charge in [-0.25, -0.2) is 0 Å². The van der Waals surface area contributed by atoms with E-state index in [1.807, 2.05) is 0 Å². The van der Waals surface area contributed by atoms with Gasteiger partial charge >= 0.3 is 0 Å². The van der Waals surface area contributed by atoms with Crippen LogP contribution in [0.15, 0.2) is 249 Å². The number of rotatable bonds is 6.